The van der Waals surface area contributed by atoms with E-state index in [9.17, 15) is 0 Å². The Kier molecular flexibility index (Phi) is 4.25. The first-order valence-electron chi connectivity index (χ1n) is 5.36. The lowest BCUT2D eigenvalue weighted by Gasteiger charge is -2.17. The molecule has 6 heteroatoms. The fourth-order valence-corrected chi connectivity index (χ4v) is 1.05. The number of nitrogens with two attached hydrogens (primary N) is 1. The van der Waals surface area contributed by atoms with E-state index in [1.165, 1.54) is 6.20 Å². The fraction of sp³-hybridized carbons (Fsp3) is 0.545. The second-order valence-corrected chi connectivity index (χ2v) is 4.87. The Balaban J connectivity index is 2.61. The minimum absolute atomic E-state index is 0.0620. The SMILES string of the molecule is CC(C)(C)CCOc1nccc(/C(N)=N/O)n1. The minimum Gasteiger partial charge on any atom is -0.463 e. The summed E-state index contributed by atoms with van der Waals surface area (Å²) in [5, 5.41) is 11.4. The summed E-state index contributed by atoms with van der Waals surface area (Å²) in [4.78, 5) is 7.96. The van der Waals surface area contributed by atoms with E-state index in [1.807, 2.05) is 0 Å². The highest BCUT2D eigenvalue weighted by Gasteiger charge is 2.11. The van der Waals surface area contributed by atoms with Gasteiger partial charge in [-0.3, -0.25) is 0 Å². The van der Waals surface area contributed by atoms with E-state index in [-0.39, 0.29) is 17.3 Å². The minimum atomic E-state index is -0.0620. The lowest BCUT2D eigenvalue weighted by Crippen LogP contribution is -2.16. The molecule has 0 atom stereocenters. The molecule has 0 radical (unpaired) electrons. The van der Waals surface area contributed by atoms with Gasteiger partial charge < -0.3 is 15.7 Å². The zero-order chi connectivity index (χ0) is 12.9. The molecular weight excluding hydrogens is 220 g/mol. The maximum absolute atomic E-state index is 8.52. The fourth-order valence-electron chi connectivity index (χ4n) is 1.05. The van der Waals surface area contributed by atoms with E-state index in [0.29, 0.717) is 12.3 Å². The van der Waals surface area contributed by atoms with Gasteiger partial charge >= 0.3 is 6.01 Å². The number of nitrogens with zero attached hydrogens (tertiary/aromatic N) is 3. The number of ether oxygens (including phenoxy) is 1. The third-order valence-electron chi connectivity index (χ3n) is 2.09. The van der Waals surface area contributed by atoms with Crippen molar-refractivity contribution in [1.29, 1.82) is 0 Å². The van der Waals surface area contributed by atoms with Crippen molar-refractivity contribution in [3.8, 4) is 6.01 Å². The van der Waals surface area contributed by atoms with Crippen LogP contribution in [0.4, 0.5) is 0 Å². The number of oxime groups is 1. The molecule has 0 aromatic carbocycles. The molecule has 1 aromatic heterocycles. The lowest BCUT2D eigenvalue weighted by molar-refractivity contribution is 0.228. The Hall–Kier alpha value is -1.85. The second-order valence-electron chi connectivity index (χ2n) is 4.87. The third kappa shape index (κ3) is 4.67. The smallest absolute Gasteiger partial charge is 0.317 e. The first kappa shape index (κ1) is 13.2. The van der Waals surface area contributed by atoms with E-state index >= 15 is 0 Å². The molecule has 0 unspecified atom stereocenters. The van der Waals surface area contributed by atoms with Crippen LogP contribution in [-0.2, 0) is 0 Å². The highest BCUT2D eigenvalue weighted by atomic mass is 16.5. The van der Waals surface area contributed by atoms with Gasteiger partial charge in [0.15, 0.2) is 5.84 Å². The molecule has 0 aliphatic rings. The average Bonchev–Trinajstić information content (AvgIpc) is 2.27. The molecule has 0 amide bonds. The van der Waals surface area contributed by atoms with Crippen LogP contribution in [0.15, 0.2) is 17.4 Å². The van der Waals surface area contributed by atoms with Gasteiger partial charge in [0.2, 0.25) is 0 Å². The van der Waals surface area contributed by atoms with E-state index in [2.05, 4.69) is 35.9 Å². The van der Waals surface area contributed by atoms with Crippen LogP contribution in [0.1, 0.15) is 32.9 Å². The van der Waals surface area contributed by atoms with Crippen LogP contribution in [-0.4, -0.2) is 27.6 Å². The molecule has 1 aromatic rings. The van der Waals surface area contributed by atoms with Crippen molar-refractivity contribution >= 4 is 5.84 Å². The number of aromatic nitrogens is 2. The molecule has 0 aliphatic carbocycles. The number of hydrogen-bond acceptors (Lipinski definition) is 5. The quantitative estimate of drug-likeness (QED) is 0.358. The van der Waals surface area contributed by atoms with Crippen LogP contribution in [0.25, 0.3) is 0 Å². The highest BCUT2D eigenvalue weighted by molar-refractivity contribution is 5.95. The Morgan fingerprint density at radius 2 is 2.24 bits per heavy atom. The molecule has 0 saturated carbocycles. The van der Waals surface area contributed by atoms with Gasteiger partial charge in [-0.2, -0.15) is 4.98 Å². The summed E-state index contributed by atoms with van der Waals surface area (Å²) >= 11 is 0. The summed E-state index contributed by atoms with van der Waals surface area (Å²) in [7, 11) is 0. The van der Waals surface area contributed by atoms with Crippen molar-refractivity contribution in [2.24, 2.45) is 16.3 Å². The number of amidine groups is 1. The Morgan fingerprint density at radius 3 is 2.82 bits per heavy atom. The van der Waals surface area contributed by atoms with Gasteiger partial charge in [-0.15, -0.1) is 0 Å². The molecule has 17 heavy (non-hydrogen) atoms. The summed E-state index contributed by atoms with van der Waals surface area (Å²) in [5.74, 6) is -0.0620. The van der Waals surface area contributed by atoms with Gasteiger partial charge in [-0.1, -0.05) is 25.9 Å². The Bertz CT molecular complexity index is 399. The summed E-state index contributed by atoms with van der Waals surface area (Å²) < 4.78 is 5.40. The largest absolute Gasteiger partial charge is 0.463 e. The normalized spacial score (nSPS) is 12.5. The van der Waals surface area contributed by atoms with Gasteiger partial charge in [0.25, 0.3) is 0 Å². The predicted molar refractivity (Wildman–Crippen MR) is 64.1 cm³/mol. The van der Waals surface area contributed by atoms with Crippen molar-refractivity contribution in [1.82, 2.24) is 9.97 Å². The molecule has 0 spiro atoms. The molecule has 6 nitrogen and oxygen atoms in total. The number of hydrogen-bond donors (Lipinski definition) is 2. The van der Waals surface area contributed by atoms with Crippen molar-refractivity contribution in [2.45, 2.75) is 27.2 Å². The van der Waals surface area contributed by atoms with Crippen LogP contribution in [0.2, 0.25) is 0 Å². The molecule has 1 heterocycles. The third-order valence-corrected chi connectivity index (χ3v) is 2.09. The summed E-state index contributed by atoms with van der Waals surface area (Å²) in [6.45, 7) is 6.92. The molecule has 0 saturated heterocycles. The second kappa shape index (κ2) is 5.47. The molecule has 3 N–H and O–H groups in total. The molecule has 0 bridgehead atoms. The molecule has 94 valence electrons. The summed E-state index contributed by atoms with van der Waals surface area (Å²) in [6, 6.07) is 1.78. The molecule has 0 fully saturated rings. The van der Waals surface area contributed by atoms with E-state index in [1.54, 1.807) is 6.07 Å². The van der Waals surface area contributed by atoms with Crippen LogP contribution >= 0.6 is 0 Å². The standard InChI is InChI=1S/C11H18N4O2/c1-11(2,3)5-7-17-10-13-6-4-8(14-10)9(12)15-16/h4,6,16H,5,7H2,1-3H3,(H2,12,15). The van der Waals surface area contributed by atoms with Gasteiger partial charge in [0.05, 0.1) is 6.61 Å². The van der Waals surface area contributed by atoms with Gasteiger partial charge in [0, 0.05) is 6.20 Å². The molecule has 0 aliphatic heterocycles. The zero-order valence-electron chi connectivity index (χ0n) is 10.3. The van der Waals surface area contributed by atoms with Crippen molar-refractivity contribution in [3.63, 3.8) is 0 Å². The Morgan fingerprint density at radius 1 is 1.53 bits per heavy atom. The monoisotopic (exact) mass is 238 g/mol. The highest BCUT2D eigenvalue weighted by Crippen LogP contribution is 2.18. The molecular formula is C11H18N4O2. The maximum atomic E-state index is 8.52. The summed E-state index contributed by atoms with van der Waals surface area (Å²) in [6.07, 6.45) is 2.40. The van der Waals surface area contributed by atoms with Gasteiger partial charge in [-0.05, 0) is 17.9 Å². The summed E-state index contributed by atoms with van der Waals surface area (Å²) in [5.41, 5.74) is 5.95. The van der Waals surface area contributed by atoms with Crippen LogP contribution < -0.4 is 10.5 Å². The topological polar surface area (TPSA) is 93.6 Å². The first-order chi connectivity index (χ1) is 7.92. The lowest BCUT2D eigenvalue weighted by atomic mass is 9.93. The van der Waals surface area contributed by atoms with Crippen molar-refractivity contribution < 1.29 is 9.94 Å². The van der Waals surface area contributed by atoms with E-state index in [4.69, 9.17) is 15.7 Å². The van der Waals surface area contributed by atoms with Crippen LogP contribution in [0.3, 0.4) is 0 Å². The maximum Gasteiger partial charge on any atom is 0.317 e. The zero-order valence-corrected chi connectivity index (χ0v) is 10.3. The first-order valence-corrected chi connectivity index (χ1v) is 5.36. The van der Waals surface area contributed by atoms with E-state index in [0.717, 1.165) is 6.42 Å². The Labute approximate surface area is 101 Å². The van der Waals surface area contributed by atoms with E-state index < -0.39 is 0 Å². The van der Waals surface area contributed by atoms with Crippen molar-refractivity contribution in [2.75, 3.05) is 6.61 Å². The number of rotatable bonds is 4. The van der Waals surface area contributed by atoms with Gasteiger partial charge in [-0.25, -0.2) is 4.98 Å². The van der Waals surface area contributed by atoms with Gasteiger partial charge in [0.1, 0.15) is 5.69 Å². The van der Waals surface area contributed by atoms with Crippen LogP contribution in [0.5, 0.6) is 6.01 Å². The predicted octanol–water partition coefficient (Wildman–Crippen LogP) is 1.39. The van der Waals surface area contributed by atoms with Crippen LogP contribution in [0, 0.1) is 5.41 Å². The average molecular weight is 238 g/mol. The molecule has 1 rings (SSSR count). The van der Waals surface area contributed by atoms with Crippen molar-refractivity contribution in [3.05, 3.63) is 18.0 Å².